The molecule has 1 saturated heterocycles. The number of β-lactam (4-membered cyclic amide) rings is 1. The number of rotatable bonds is 12. The number of aromatic amines is 1. The maximum absolute atomic E-state index is 14.7. The van der Waals surface area contributed by atoms with E-state index in [1.54, 1.807) is 46.4 Å². The van der Waals surface area contributed by atoms with Crippen LogP contribution in [0.15, 0.2) is 173 Å². The van der Waals surface area contributed by atoms with Crippen molar-refractivity contribution in [2.24, 2.45) is 0 Å². The van der Waals surface area contributed by atoms with Gasteiger partial charge in [-0.3, -0.25) is 9.69 Å². The predicted molar refractivity (Wildman–Crippen MR) is 208 cm³/mol. The van der Waals surface area contributed by atoms with Crippen molar-refractivity contribution < 1.29 is 14.3 Å². The van der Waals surface area contributed by atoms with Gasteiger partial charge in [-0.25, -0.2) is 4.79 Å². The highest BCUT2D eigenvalue weighted by molar-refractivity contribution is 8.19. The Labute approximate surface area is 315 Å². The number of amides is 1. The van der Waals surface area contributed by atoms with E-state index in [0.29, 0.717) is 22.9 Å². The van der Waals surface area contributed by atoms with Gasteiger partial charge in [-0.05, 0) is 27.8 Å². The van der Waals surface area contributed by atoms with Gasteiger partial charge in [-0.1, -0.05) is 163 Å². The second-order valence-corrected chi connectivity index (χ2v) is 16.2. The summed E-state index contributed by atoms with van der Waals surface area (Å²) in [4.78, 5) is 30.6. The number of hydrogen-bond donors (Lipinski definition) is 1. The van der Waals surface area contributed by atoms with E-state index in [2.05, 4.69) is 88.2 Å². The molecule has 8 rings (SSSR count). The van der Waals surface area contributed by atoms with Gasteiger partial charge >= 0.3 is 5.97 Å². The van der Waals surface area contributed by atoms with Crippen LogP contribution in [0.4, 0.5) is 0 Å². The van der Waals surface area contributed by atoms with E-state index in [1.165, 1.54) is 0 Å². The molecule has 1 amide bonds. The van der Waals surface area contributed by atoms with E-state index in [9.17, 15) is 9.59 Å². The summed E-state index contributed by atoms with van der Waals surface area (Å²) in [5.41, 5.74) is 4.53. The first-order valence-electron chi connectivity index (χ1n) is 17.0. The number of fused-ring (bicyclic) bond motifs is 1. The molecule has 1 unspecified atom stereocenters. The third kappa shape index (κ3) is 6.58. The van der Waals surface area contributed by atoms with Crippen molar-refractivity contribution in [1.82, 2.24) is 20.3 Å². The van der Waals surface area contributed by atoms with Crippen LogP contribution in [-0.4, -0.2) is 47.9 Å². The zero-order valence-corrected chi connectivity index (χ0v) is 30.4. The molecular weight excluding hydrogens is 705 g/mol. The van der Waals surface area contributed by atoms with E-state index < -0.39 is 17.5 Å². The minimum Gasteiger partial charge on any atom is -0.448 e. The number of ether oxygens (including phenoxy) is 1. The summed E-state index contributed by atoms with van der Waals surface area (Å²) in [6.45, 7) is 0. The predicted octanol–water partition coefficient (Wildman–Crippen LogP) is 8.84. The number of nitrogens with zero attached hydrogens (tertiary/aromatic N) is 3. The van der Waals surface area contributed by atoms with Gasteiger partial charge in [0.15, 0.2) is 6.10 Å². The van der Waals surface area contributed by atoms with Crippen LogP contribution >= 0.6 is 35.3 Å². The molecule has 0 radical (unpaired) electrons. The van der Waals surface area contributed by atoms with E-state index >= 15 is 0 Å². The molecule has 2 aliphatic heterocycles. The summed E-state index contributed by atoms with van der Waals surface area (Å²) in [6, 6.07) is 50.9. The van der Waals surface area contributed by atoms with Gasteiger partial charge in [0, 0.05) is 10.7 Å². The van der Waals surface area contributed by atoms with Crippen LogP contribution < -0.4 is 0 Å². The summed E-state index contributed by atoms with van der Waals surface area (Å²) >= 11 is 4.86. The molecule has 1 fully saturated rings. The number of benzene rings is 5. The standard InChI is InChI=1S/C42H34N4O3S3/c47-36-26-37-46(36)38(40(48)49-39(29-16-6-1-7-17-29)30-18-8-2-9-19-30)34(28-50-37)51-41(52-35-27-43-45-44-35)42(31-20-10-3-11-21-31,32-22-12-4-13-23-32)33-24-14-5-15-25-33/h1-25,27,37,39,41H,26,28H2,(H,43,44,45)/t37-,41?/m1/s1. The topological polar surface area (TPSA) is 88.2 Å². The van der Waals surface area contributed by atoms with Crippen LogP contribution in [0.3, 0.4) is 0 Å². The molecule has 1 aromatic heterocycles. The molecule has 0 bridgehead atoms. The molecule has 1 N–H and O–H groups in total. The third-order valence-corrected chi connectivity index (χ3v) is 13.5. The van der Waals surface area contributed by atoms with Gasteiger partial charge in [0.25, 0.3) is 0 Å². The Balaban J connectivity index is 1.30. The van der Waals surface area contributed by atoms with Crippen LogP contribution in [0.1, 0.15) is 40.3 Å². The van der Waals surface area contributed by atoms with E-state index in [-0.39, 0.29) is 15.9 Å². The molecule has 10 heteroatoms. The summed E-state index contributed by atoms with van der Waals surface area (Å²) in [6.07, 6.45) is 1.46. The Morgan fingerprint density at radius 1 is 0.750 bits per heavy atom. The number of carbonyl (C=O) groups excluding carboxylic acids is 2. The van der Waals surface area contributed by atoms with Crippen molar-refractivity contribution in [3.63, 3.8) is 0 Å². The highest BCUT2D eigenvalue weighted by Crippen LogP contribution is 2.56. The molecule has 52 heavy (non-hydrogen) atoms. The van der Waals surface area contributed by atoms with E-state index in [1.807, 2.05) is 78.9 Å². The number of hydrogen-bond acceptors (Lipinski definition) is 8. The average molecular weight is 739 g/mol. The lowest BCUT2D eigenvalue weighted by Crippen LogP contribution is -2.54. The summed E-state index contributed by atoms with van der Waals surface area (Å²) in [7, 11) is 0. The van der Waals surface area contributed by atoms with Crippen LogP contribution in [0.5, 0.6) is 0 Å². The van der Waals surface area contributed by atoms with Crippen molar-refractivity contribution in [3.8, 4) is 0 Å². The van der Waals surface area contributed by atoms with E-state index in [4.69, 9.17) is 4.74 Å². The van der Waals surface area contributed by atoms with Crippen molar-refractivity contribution in [2.75, 3.05) is 5.75 Å². The maximum atomic E-state index is 14.7. The Hall–Kier alpha value is -5.03. The molecule has 0 spiro atoms. The quantitative estimate of drug-likeness (QED) is 0.0438. The van der Waals surface area contributed by atoms with Gasteiger partial charge in [-0.15, -0.1) is 28.6 Å². The van der Waals surface area contributed by atoms with Crippen LogP contribution in [0, 0.1) is 0 Å². The van der Waals surface area contributed by atoms with Gasteiger partial charge in [0.2, 0.25) is 5.91 Å². The maximum Gasteiger partial charge on any atom is 0.356 e. The number of H-pyrrole nitrogens is 1. The smallest absolute Gasteiger partial charge is 0.356 e. The second-order valence-electron chi connectivity index (χ2n) is 12.4. The first-order chi connectivity index (χ1) is 25.6. The molecule has 0 saturated carbocycles. The summed E-state index contributed by atoms with van der Waals surface area (Å²) in [5.74, 6) is -0.0530. The van der Waals surface area contributed by atoms with Crippen molar-refractivity contribution in [3.05, 3.63) is 196 Å². The third-order valence-electron chi connectivity index (χ3n) is 9.35. The fourth-order valence-electron chi connectivity index (χ4n) is 6.91. The fourth-order valence-corrected chi connectivity index (χ4v) is 11.5. The SMILES string of the molecule is O=C(OC(c1ccccc1)c1ccccc1)C1=C(SC(Sc2cn[nH]n2)C(c2ccccc2)(c2ccccc2)c2ccccc2)CS[C@@H]2CC(=O)N12. The summed E-state index contributed by atoms with van der Waals surface area (Å²) < 4.78 is 6.15. The lowest BCUT2D eigenvalue weighted by atomic mass is 9.70. The molecule has 6 aromatic rings. The van der Waals surface area contributed by atoms with Crippen molar-refractivity contribution >= 4 is 47.2 Å². The highest BCUT2D eigenvalue weighted by Gasteiger charge is 2.50. The number of carbonyl (C=O) groups is 2. The zero-order valence-electron chi connectivity index (χ0n) is 27.9. The first kappa shape index (κ1) is 34.1. The number of aromatic nitrogens is 3. The number of esters is 1. The summed E-state index contributed by atoms with van der Waals surface area (Å²) in [5, 5.41) is 12.0. The lowest BCUT2D eigenvalue weighted by molar-refractivity contribution is -0.151. The largest absolute Gasteiger partial charge is 0.448 e. The molecule has 3 heterocycles. The second kappa shape index (κ2) is 15.3. The molecule has 2 aliphatic rings. The van der Waals surface area contributed by atoms with Crippen molar-refractivity contribution in [2.45, 2.75) is 32.9 Å². The Bertz CT molecular complexity index is 2020. The van der Waals surface area contributed by atoms with Crippen LogP contribution in [0.25, 0.3) is 0 Å². The molecule has 258 valence electrons. The minimum absolute atomic E-state index is 0.0839. The lowest BCUT2D eigenvalue weighted by Gasteiger charge is -2.46. The molecule has 0 aliphatic carbocycles. The Kier molecular flexibility index (Phi) is 10.0. The fraction of sp³-hybridized carbons (Fsp3) is 0.143. The molecule has 2 atom stereocenters. The molecular formula is C42H34N4O3S3. The van der Waals surface area contributed by atoms with Crippen molar-refractivity contribution in [1.29, 1.82) is 0 Å². The van der Waals surface area contributed by atoms with Gasteiger partial charge < -0.3 is 4.74 Å². The molecule has 7 nitrogen and oxygen atoms in total. The van der Waals surface area contributed by atoms with Crippen LogP contribution in [-0.2, 0) is 19.7 Å². The van der Waals surface area contributed by atoms with Gasteiger partial charge in [0.1, 0.15) is 10.7 Å². The van der Waals surface area contributed by atoms with Gasteiger partial charge in [0.05, 0.1) is 28.0 Å². The first-order valence-corrected chi connectivity index (χ1v) is 19.8. The normalized spacial score (nSPS) is 16.3. The Morgan fingerprint density at radius 2 is 1.25 bits per heavy atom. The monoisotopic (exact) mass is 738 g/mol. The van der Waals surface area contributed by atoms with E-state index in [0.717, 1.165) is 32.7 Å². The number of thioether (sulfide) groups is 3. The minimum atomic E-state index is -0.739. The van der Waals surface area contributed by atoms with Gasteiger partial charge in [-0.2, -0.15) is 10.3 Å². The molecule has 5 aromatic carbocycles. The van der Waals surface area contributed by atoms with Crippen LogP contribution in [0.2, 0.25) is 0 Å². The highest BCUT2D eigenvalue weighted by atomic mass is 32.2. The number of nitrogens with one attached hydrogen (secondary N) is 1. The zero-order chi connectivity index (χ0) is 35.3. The Morgan fingerprint density at radius 3 is 1.71 bits per heavy atom. The average Bonchev–Trinajstić information content (AvgIpc) is 3.72.